The van der Waals surface area contributed by atoms with Gasteiger partial charge in [-0.05, 0) is 97.6 Å². The number of carbonyl (C=O) groups is 1. The van der Waals surface area contributed by atoms with Gasteiger partial charge in [-0.1, -0.05) is 20.8 Å². The molecule has 0 bridgehead atoms. The molecule has 0 aliphatic heterocycles. The van der Waals surface area contributed by atoms with Crippen LogP contribution in [0.25, 0.3) is 0 Å². The molecule has 0 amide bonds. The van der Waals surface area contributed by atoms with Crippen molar-refractivity contribution in [2.45, 2.75) is 96.8 Å². The Labute approximate surface area is 188 Å². The Bertz CT molecular complexity index is 852. The topological polar surface area (TPSA) is 87.0 Å². The molecule has 0 radical (unpaired) electrons. The molecule has 172 valence electrons. The van der Waals surface area contributed by atoms with Gasteiger partial charge in [0.2, 0.25) is 0 Å². The van der Waals surface area contributed by atoms with Gasteiger partial charge < -0.3 is 20.1 Å². The highest BCUT2D eigenvalue weighted by atomic mass is 16.5. The molecule has 5 heteroatoms. The number of hydrogen-bond acceptors (Lipinski definition) is 5. The Morgan fingerprint density at radius 2 is 1.97 bits per heavy atom. The quantitative estimate of drug-likeness (QED) is 0.598. The maximum Gasteiger partial charge on any atom is 0.305 e. The van der Waals surface area contributed by atoms with Crippen molar-refractivity contribution >= 4 is 5.97 Å². The van der Waals surface area contributed by atoms with E-state index in [1.54, 1.807) is 0 Å². The van der Waals surface area contributed by atoms with Gasteiger partial charge in [-0.25, -0.2) is 0 Å². The lowest BCUT2D eigenvalue weighted by molar-refractivity contribution is -0.207. The first-order valence-corrected chi connectivity index (χ1v) is 11.6. The molecule has 5 nitrogen and oxygen atoms in total. The summed E-state index contributed by atoms with van der Waals surface area (Å²) in [7, 11) is 1.38. The van der Waals surface area contributed by atoms with Crippen LogP contribution in [-0.4, -0.2) is 46.7 Å². The molecular weight excluding hydrogens is 380 g/mol. The molecule has 4 aliphatic carbocycles. The third-order valence-electron chi connectivity index (χ3n) is 9.74. The largest absolute Gasteiger partial charge is 0.469 e. The molecule has 0 aromatic carbocycles. The van der Waals surface area contributed by atoms with Crippen LogP contribution in [0, 0.1) is 46.3 Å². The summed E-state index contributed by atoms with van der Waals surface area (Å²) < 4.78 is 47.2. The molecule has 0 heterocycles. The van der Waals surface area contributed by atoms with Gasteiger partial charge in [0.25, 0.3) is 0 Å². The number of aliphatic hydroxyl groups excluding tert-OH is 2. The number of methoxy groups -OCH3 is 1. The summed E-state index contributed by atoms with van der Waals surface area (Å²) in [5, 5.41) is 33.7. The molecule has 3 N–H and O–H groups in total. The van der Waals surface area contributed by atoms with Gasteiger partial charge in [0.15, 0.2) is 0 Å². The Balaban J connectivity index is 1.68. The summed E-state index contributed by atoms with van der Waals surface area (Å²) in [5.41, 5.74) is -1.38. The minimum atomic E-state index is -2.92. The maximum atomic E-state index is 11.7. The zero-order valence-electron chi connectivity index (χ0n) is 23.7. The van der Waals surface area contributed by atoms with Gasteiger partial charge >= 0.3 is 5.97 Å². The molecule has 4 aliphatic rings. The Morgan fingerprint density at radius 3 is 2.67 bits per heavy atom. The SMILES string of the molecule is [2H]C1([2H])C[C@@]2(C)[C@H](C[C@@H](O)[C@@H]3[C@@H]2C[C@H](O)[C@]2(C)[C@@H]([C@H](C)CCC(=O)OC)CC[C@@H]32)C([2H])([2H])[C@]1([2H])O. The average Bonchev–Trinajstić information content (AvgIpc) is 3.11. The predicted octanol–water partition coefficient (Wildman–Crippen LogP) is 3.54. The van der Waals surface area contributed by atoms with E-state index in [1.807, 2.05) is 6.92 Å². The maximum absolute atomic E-state index is 11.7. The van der Waals surface area contributed by atoms with Crippen molar-refractivity contribution in [3.8, 4) is 0 Å². The van der Waals surface area contributed by atoms with E-state index in [1.165, 1.54) is 7.11 Å². The van der Waals surface area contributed by atoms with Crippen molar-refractivity contribution in [1.82, 2.24) is 0 Å². The lowest BCUT2D eigenvalue weighted by Crippen LogP contribution is -2.62. The lowest BCUT2D eigenvalue weighted by atomic mass is 9.43. The number of fused-ring (bicyclic) bond motifs is 5. The van der Waals surface area contributed by atoms with Crippen molar-refractivity contribution in [1.29, 1.82) is 0 Å². The minimum Gasteiger partial charge on any atom is -0.469 e. The van der Waals surface area contributed by atoms with Crippen LogP contribution in [0.5, 0.6) is 0 Å². The van der Waals surface area contributed by atoms with Crippen LogP contribution in [0.3, 0.4) is 0 Å². The van der Waals surface area contributed by atoms with E-state index >= 15 is 0 Å². The van der Waals surface area contributed by atoms with E-state index in [-0.39, 0.29) is 48.4 Å². The number of rotatable bonds is 4. The smallest absolute Gasteiger partial charge is 0.305 e. The summed E-state index contributed by atoms with van der Waals surface area (Å²) in [6.45, 7) is 6.04. The highest BCUT2D eigenvalue weighted by Crippen LogP contribution is 2.68. The van der Waals surface area contributed by atoms with Crippen molar-refractivity contribution in [3.63, 3.8) is 0 Å². The molecule has 0 spiro atoms. The van der Waals surface area contributed by atoms with E-state index < -0.39 is 47.8 Å². The normalized spacial score (nSPS) is 59.7. The van der Waals surface area contributed by atoms with Gasteiger partial charge in [0.05, 0.1) is 26.8 Å². The first-order valence-electron chi connectivity index (χ1n) is 14.1. The van der Waals surface area contributed by atoms with Crippen LogP contribution in [-0.2, 0) is 9.53 Å². The first kappa shape index (κ1) is 16.9. The van der Waals surface area contributed by atoms with Crippen LogP contribution in [0.4, 0.5) is 0 Å². The second kappa shape index (κ2) is 8.04. The highest BCUT2D eigenvalue weighted by Gasteiger charge is 2.65. The lowest BCUT2D eigenvalue weighted by Gasteiger charge is -2.63. The summed E-state index contributed by atoms with van der Waals surface area (Å²) in [6.07, 6.45) is -6.66. The number of carbonyl (C=O) groups excluding carboxylic acids is 1. The fourth-order valence-corrected chi connectivity index (χ4v) is 7.98. The van der Waals surface area contributed by atoms with Crippen LogP contribution in [0.1, 0.15) is 85.3 Å². The van der Waals surface area contributed by atoms with Crippen molar-refractivity contribution < 1.29 is 31.7 Å². The summed E-state index contributed by atoms with van der Waals surface area (Å²) in [5.74, 6) is -1.36. The van der Waals surface area contributed by atoms with Gasteiger partial charge in [-0.3, -0.25) is 4.79 Å². The third kappa shape index (κ3) is 3.34. The Kier molecular flexibility index (Phi) is 4.53. The average molecular weight is 428 g/mol. The zero-order valence-corrected chi connectivity index (χ0v) is 18.7. The predicted molar refractivity (Wildman–Crippen MR) is 114 cm³/mol. The molecular formula is C25H42O5. The fraction of sp³-hybridized carbons (Fsp3) is 0.960. The molecule has 0 aromatic heterocycles. The van der Waals surface area contributed by atoms with Crippen LogP contribution < -0.4 is 0 Å². The van der Waals surface area contributed by atoms with Gasteiger partial charge in [0, 0.05) is 11.9 Å². The Hall–Kier alpha value is -0.650. The molecule has 0 saturated heterocycles. The molecule has 0 aromatic rings. The number of aliphatic hydroxyl groups is 3. The molecule has 4 rings (SSSR count). The van der Waals surface area contributed by atoms with Crippen molar-refractivity contribution in [2.75, 3.05) is 7.11 Å². The molecule has 11 atom stereocenters. The second-order valence-corrected chi connectivity index (χ2v) is 10.9. The van der Waals surface area contributed by atoms with E-state index in [4.69, 9.17) is 11.6 Å². The van der Waals surface area contributed by atoms with Gasteiger partial charge in [-0.15, -0.1) is 0 Å². The zero-order chi connectivity index (χ0) is 26.4. The molecule has 30 heavy (non-hydrogen) atoms. The van der Waals surface area contributed by atoms with E-state index in [0.717, 1.165) is 12.8 Å². The summed E-state index contributed by atoms with van der Waals surface area (Å²) >= 11 is 0. The van der Waals surface area contributed by atoms with Gasteiger partial charge in [0.1, 0.15) is 0 Å². The number of esters is 1. The number of ether oxygens (including phenoxy) is 1. The monoisotopic (exact) mass is 427 g/mol. The summed E-state index contributed by atoms with van der Waals surface area (Å²) in [4.78, 5) is 11.7. The van der Waals surface area contributed by atoms with E-state index in [9.17, 15) is 20.1 Å². The number of hydrogen-bond donors (Lipinski definition) is 3. The molecule has 0 unspecified atom stereocenters. The molecule has 4 fully saturated rings. The minimum absolute atomic E-state index is 0.0110. The van der Waals surface area contributed by atoms with E-state index in [2.05, 4.69) is 13.8 Å². The van der Waals surface area contributed by atoms with Crippen LogP contribution >= 0.6 is 0 Å². The van der Waals surface area contributed by atoms with Crippen LogP contribution in [0.15, 0.2) is 0 Å². The molecule has 4 saturated carbocycles. The van der Waals surface area contributed by atoms with Crippen molar-refractivity contribution in [3.05, 3.63) is 0 Å². The van der Waals surface area contributed by atoms with Crippen LogP contribution in [0.2, 0.25) is 0 Å². The third-order valence-corrected chi connectivity index (χ3v) is 9.74. The summed E-state index contributed by atoms with van der Waals surface area (Å²) in [6, 6.07) is 0. The second-order valence-electron chi connectivity index (χ2n) is 10.9. The highest BCUT2D eigenvalue weighted by molar-refractivity contribution is 5.69. The van der Waals surface area contributed by atoms with E-state index in [0.29, 0.717) is 19.3 Å². The fourth-order valence-electron chi connectivity index (χ4n) is 7.98. The standard InChI is InChI=1S/C25H42O5/c1-14(5-8-22(29)30-4)17-6-7-18-23-19(13-21(28)25(17,18)3)24(2)10-9-16(26)11-15(24)12-20(23)27/h14-21,23,26-28H,5-13H2,1-4H3/t14-,15+,16-,17-,18+,19+,20-,21+,23+,24+,25-/m1/s1/i9D2,11D2,16D. The van der Waals surface area contributed by atoms with Crippen molar-refractivity contribution in [2.24, 2.45) is 46.3 Å². The van der Waals surface area contributed by atoms with Gasteiger partial charge in [-0.2, -0.15) is 0 Å². The Morgan fingerprint density at radius 1 is 1.23 bits per heavy atom. The first-order chi connectivity index (χ1) is 16.0.